The summed E-state index contributed by atoms with van der Waals surface area (Å²) in [6.07, 6.45) is 0. The van der Waals surface area contributed by atoms with E-state index in [2.05, 4.69) is 10.6 Å². The molecule has 0 unspecified atom stereocenters. The Morgan fingerprint density at radius 3 is 2.52 bits per heavy atom. The zero-order valence-electron chi connectivity index (χ0n) is 12.1. The van der Waals surface area contributed by atoms with Crippen molar-refractivity contribution >= 4 is 29.2 Å². The van der Waals surface area contributed by atoms with Crippen molar-refractivity contribution in [3.63, 3.8) is 0 Å². The van der Waals surface area contributed by atoms with E-state index in [-0.39, 0.29) is 17.6 Å². The third-order valence-corrected chi connectivity index (χ3v) is 3.45. The summed E-state index contributed by atoms with van der Waals surface area (Å²) in [5.41, 5.74) is 0.712. The number of urea groups is 1. The molecule has 0 aliphatic heterocycles. The van der Waals surface area contributed by atoms with Gasteiger partial charge < -0.3 is 15.4 Å². The molecule has 2 amide bonds. The van der Waals surface area contributed by atoms with Crippen LogP contribution in [0.4, 0.5) is 9.18 Å². The summed E-state index contributed by atoms with van der Waals surface area (Å²) in [6, 6.07) is 10.9. The van der Waals surface area contributed by atoms with Crippen molar-refractivity contribution in [3.05, 3.63) is 63.9 Å². The lowest BCUT2D eigenvalue weighted by atomic mass is 10.2. The second kappa shape index (κ2) is 8.60. The van der Waals surface area contributed by atoms with E-state index in [4.69, 9.17) is 27.9 Å². The molecule has 4 nitrogen and oxygen atoms in total. The van der Waals surface area contributed by atoms with Crippen molar-refractivity contribution < 1.29 is 13.9 Å². The summed E-state index contributed by atoms with van der Waals surface area (Å²) in [4.78, 5) is 11.6. The Morgan fingerprint density at radius 2 is 1.83 bits per heavy atom. The number of hydrogen-bond donors (Lipinski definition) is 2. The van der Waals surface area contributed by atoms with E-state index in [1.54, 1.807) is 30.3 Å². The zero-order chi connectivity index (χ0) is 16.7. The molecule has 0 spiro atoms. The van der Waals surface area contributed by atoms with Crippen LogP contribution in [0.2, 0.25) is 10.0 Å². The van der Waals surface area contributed by atoms with E-state index >= 15 is 0 Å². The molecule has 0 aliphatic rings. The summed E-state index contributed by atoms with van der Waals surface area (Å²) in [5.74, 6) is 0.191. The molecule has 0 heterocycles. The number of nitrogens with one attached hydrogen (secondary N) is 2. The van der Waals surface area contributed by atoms with Crippen LogP contribution in [0.1, 0.15) is 5.56 Å². The van der Waals surface area contributed by atoms with E-state index in [1.807, 2.05) is 0 Å². The number of rotatable bonds is 6. The summed E-state index contributed by atoms with van der Waals surface area (Å²) in [5, 5.41) is 5.96. The minimum atomic E-state index is -0.487. The topological polar surface area (TPSA) is 50.4 Å². The van der Waals surface area contributed by atoms with Gasteiger partial charge in [-0.3, -0.25) is 0 Å². The molecule has 2 aromatic rings. The highest BCUT2D eigenvalue weighted by Crippen LogP contribution is 2.16. The minimum Gasteiger partial charge on any atom is -0.492 e. The average molecular weight is 357 g/mol. The number of amides is 2. The van der Waals surface area contributed by atoms with Gasteiger partial charge in [-0.1, -0.05) is 29.3 Å². The van der Waals surface area contributed by atoms with Gasteiger partial charge in [-0.2, -0.15) is 0 Å². The van der Waals surface area contributed by atoms with Crippen LogP contribution in [0.25, 0.3) is 0 Å². The summed E-state index contributed by atoms with van der Waals surface area (Å²) in [7, 11) is 0. The highest BCUT2D eigenvalue weighted by atomic mass is 35.5. The molecule has 23 heavy (non-hydrogen) atoms. The highest BCUT2D eigenvalue weighted by molar-refractivity contribution is 6.31. The molecule has 0 atom stereocenters. The molecular weight excluding hydrogens is 342 g/mol. The number of hydrogen-bond acceptors (Lipinski definition) is 2. The smallest absolute Gasteiger partial charge is 0.315 e. The number of carbonyl (C=O) groups is 1. The van der Waals surface area contributed by atoms with Crippen molar-refractivity contribution in [2.24, 2.45) is 0 Å². The Morgan fingerprint density at radius 1 is 1.09 bits per heavy atom. The Hall–Kier alpha value is -1.98. The lowest BCUT2D eigenvalue weighted by molar-refractivity contribution is 0.236. The molecule has 0 saturated carbocycles. The second-order valence-corrected chi connectivity index (χ2v) is 5.50. The van der Waals surface area contributed by atoms with Gasteiger partial charge in [-0.25, -0.2) is 9.18 Å². The summed E-state index contributed by atoms with van der Waals surface area (Å²) < 4.78 is 18.5. The molecule has 0 radical (unpaired) electrons. The van der Waals surface area contributed by atoms with Crippen LogP contribution in [-0.2, 0) is 6.54 Å². The maximum atomic E-state index is 13.0. The van der Waals surface area contributed by atoms with Crippen LogP contribution in [0.5, 0.6) is 5.75 Å². The monoisotopic (exact) mass is 356 g/mol. The minimum absolute atomic E-state index is 0.0288. The highest BCUT2D eigenvalue weighted by Gasteiger charge is 2.03. The fourth-order valence-electron chi connectivity index (χ4n) is 1.76. The first-order valence-electron chi connectivity index (χ1n) is 6.88. The van der Waals surface area contributed by atoms with Crippen LogP contribution in [0, 0.1) is 5.82 Å². The third-order valence-electron chi connectivity index (χ3n) is 2.91. The zero-order valence-corrected chi connectivity index (χ0v) is 13.6. The van der Waals surface area contributed by atoms with Crippen LogP contribution in [0.3, 0.4) is 0 Å². The molecule has 2 rings (SSSR count). The Kier molecular flexibility index (Phi) is 6.50. The van der Waals surface area contributed by atoms with Gasteiger partial charge in [0.2, 0.25) is 0 Å². The lowest BCUT2D eigenvalue weighted by Crippen LogP contribution is -2.37. The molecule has 7 heteroatoms. The van der Waals surface area contributed by atoms with Gasteiger partial charge in [0.1, 0.15) is 18.2 Å². The molecular formula is C16H15Cl2FN2O2. The fraction of sp³-hybridized carbons (Fsp3) is 0.188. The Bertz CT molecular complexity index is 666. The quantitative estimate of drug-likeness (QED) is 0.768. The van der Waals surface area contributed by atoms with Crippen molar-refractivity contribution in [2.45, 2.75) is 6.54 Å². The van der Waals surface area contributed by atoms with Gasteiger partial charge in [0, 0.05) is 11.6 Å². The van der Waals surface area contributed by atoms with Gasteiger partial charge in [0.05, 0.1) is 11.6 Å². The maximum Gasteiger partial charge on any atom is 0.315 e. The van der Waals surface area contributed by atoms with E-state index < -0.39 is 5.82 Å². The molecule has 122 valence electrons. The van der Waals surface area contributed by atoms with Gasteiger partial charge in [0.25, 0.3) is 0 Å². The normalized spacial score (nSPS) is 10.2. The standard InChI is InChI=1S/C16H15Cl2FN2O2/c17-12-2-4-13(5-3-12)23-8-7-20-16(22)21-10-11-1-6-15(19)14(18)9-11/h1-6,9H,7-8,10H2,(H2,20,21,22). The van der Waals surface area contributed by atoms with Crippen molar-refractivity contribution in [3.8, 4) is 5.75 Å². The number of ether oxygens (including phenoxy) is 1. The predicted octanol–water partition coefficient (Wildman–Crippen LogP) is 4.01. The number of benzene rings is 2. The molecule has 0 aliphatic carbocycles. The van der Waals surface area contributed by atoms with Gasteiger partial charge in [-0.05, 0) is 42.0 Å². The van der Waals surface area contributed by atoms with Crippen LogP contribution < -0.4 is 15.4 Å². The fourth-order valence-corrected chi connectivity index (χ4v) is 2.09. The first-order chi connectivity index (χ1) is 11.0. The van der Waals surface area contributed by atoms with Gasteiger partial charge >= 0.3 is 6.03 Å². The maximum absolute atomic E-state index is 13.0. The second-order valence-electron chi connectivity index (χ2n) is 4.66. The van der Waals surface area contributed by atoms with Gasteiger partial charge in [0.15, 0.2) is 0 Å². The molecule has 2 aromatic carbocycles. The first-order valence-corrected chi connectivity index (χ1v) is 7.64. The van der Waals surface area contributed by atoms with Crippen molar-refractivity contribution in [1.29, 1.82) is 0 Å². The average Bonchev–Trinajstić information content (AvgIpc) is 2.54. The van der Waals surface area contributed by atoms with Crippen molar-refractivity contribution in [2.75, 3.05) is 13.2 Å². The SMILES string of the molecule is O=C(NCCOc1ccc(Cl)cc1)NCc1ccc(F)c(Cl)c1. The third kappa shape index (κ3) is 5.96. The van der Waals surface area contributed by atoms with E-state index in [0.29, 0.717) is 29.5 Å². The molecule has 0 bridgehead atoms. The van der Waals surface area contributed by atoms with E-state index in [1.165, 1.54) is 12.1 Å². The number of halogens is 3. The molecule has 2 N–H and O–H groups in total. The molecule has 0 aromatic heterocycles. The van der Waals surface area contributed by atoms with Crippen LogP contribution in [-0.4, -0.2) is 19.2 Å². The van der Waals surface area contributed by atoms with Gasteiger partial charge in [-0.15, -0.1) is 0 Å². The largest absolute Gasteiger partial charge is 0.492 e. The van der Waals surface area contributed by atoms with E-state index in [0.717, 1.165) is 0 Å². The molecule has 0 fully saturated rings. The summed E-state index contributed by atoms with van der Waals surface area (Å²) >= 11 is 11.4. The first kappa shape index (κ1) is 17.4. The number of carbonyl (C=O) groups excluding carboxylic acids is 1. The van der Waals surface area contributed by atoms with E-state index in [9.17, 15) is 9.18 Å². The Labute approximate surface area is 143 Å². The summed E-state index contributed by atoms with van der Waals surface area (Å²) in [6.45, 7) is 0.930. The van der Waals surface area contributed by atoms with Crippen LogP contribution >= 0.6 is 23.2 Å². The lowest BCUT2D eigenvalue weighted by Gasteiger charge is -2.09. The van der Waals surface area contributed by atoms with Crippen LogP contribution in [0.15, 0.2) is 42.5 Å². The Balaban J connectivity index is 1.65. The predicted molar refractivity (Wildman–Crippen MR) is 88.6 cm³/mol. The van der Waals surface area contributed by atoms with Crippen molar-refractivity contribution in [1.82, 2.24) is 10.6 Å². The molecule has 0 saturated heterocycles.